The van der Waals surface area contributed by atoms with Crippen molar-refractivity contribution in [1.82, 2.24) is 20.2 Å². The average molecular weight is 336 g/mol. The highest BCUT2D eigenvalue weighted by Gasteiger charge is 2.31. The molecule has 1 aliphatic rings. The molecular weight excluding hydrogens is 304 g/mol. The highest BCUT2D eigenvalue weighted by atomic mass is 16.6. The summed E-state index contributed by atoms with van der Waals surface area (Å²) in [7, 11) is 0. The molecule has 1 saturated heterocycles. The number of amides is 1. The van der Waals surface area contributed by atoms with Crippen molar-refractivity contribution in [2.75, 3.05) is 13.1 Å². The van der Waals surface area contributed by atoms with E-state index in [1.807, 2.05) is 31.9 Å². The molecule has 24 heavy (non-hydrogen) atoms. The normalized spacial score (nSPS) is 20.0. The molecule has 6 nitrogen and oxygen atoms in total. The lowest BCUT2D eigenvalue weighted by molar-refractivity contribution is 0.00792. The molecule has 2 heterocycles. The van der Waals surface area contributed by atoms with Crippen LogP contribution in [0.4, 0.5) is 4.79 Å². The van der Waals surface area contributed by atoms with Gasteiger partial charge in [-0.1, -0.05) is 0 Å². The Kier molecular flexibility index (Phi) is 6.66. The van der Waals surface area contributed by atoms with E-state index in [1.54, 1.807) is 6.20 Å². The number of aromatic amines is 1. The van der Waals surface area contributed by atoms with Gasteiger partial charge in [-0.3, -0.25) is 0 Å². The number of nitrogens with one attached hydrogen (secondary N) is 2. The maximum Gasteiger partial charge on any atom is 0.410 e. The molecule has 0 aromatic carbocycles. The van der Waals surface area contributed by atoms with Crippen LogP contribution in [0.25, 0.3) is 0 Å². The minimum absolute atomic E-state index is 0.171. The van der Waals surface area contributed by atoms with Crippen molar-refractivity contribution in [3.05, 3.63) is 18.2 Å². The Morgan fingerprint density at radius 3 is 2.96 bits per heavy atom. The number of hydrogen-bond donors (Lipinski definition) is 2. The van der Waals surface area contributed by atoms with Gasteiger partial charge in [-0.2, -0.15) is 0 Å². The van der Waals surface area contributed by atoms with Crippen LogP contribution >= 0.6 is 0 Å². The van der Waals surface area contributed by atoms with E-state index in [4.69, 9.17) is 4.74 Å². The number of ether oxygens (including phenoxy) is 1. The number of hydrogen-bond acceptors (Lipinski definition) is 4. The molecule has 2 rings (SSSR count). The number of carbonyl (C=O) groups excluding carboxylic acids is 1. The first-order valence-corrected chi connectivity index (χ1v) is 9.06. The summed E-state index contributed by atoms with van der Waals surface area (Å²) in [6.45, 7) is 9.63. The van der Waals surface area contributed by atoms with Crippen molar-refractivity contribution in [2.24, 2.45) is 0 Å². The molecule has 6 heteroatoms. The van der Waals surface area contributed by atoms with Crippen LogP contribution < -0.4 is 5.32 Å². The van der Waals surface area contributed by atoms with Gasteiger partial charge in [0.1, 0.15) is 11.4 Å². The van der Waals surface area contributed by atoms with Crippen molar-refractivity contribution >= 4 is 6.09 Å². The molecule has 2 N–H and O–H groups in total. The maximum absolute atomic E-state index is 12.4. The first-order valence-electron chi connectivity index (χ1n) is 9.06. The van der Waals surface area contributed by atoms with E-state index in [0.29, 0.717) is 6.04 Å². The summed E-state index contributed by atoms with van der Waals surface area (Å²) in [5.74, 6) is 1.00. The summed E-state index contributed by atoms with van der Waals surface area (Å²) in [4.78, 5) is 21.7. The second-order valence-electron chi connectivity index (χ2n) is 7.70. The van der Waals surface area contributed by atoms with Gasteiger partial charge in [0.05, 0.1) is 0 Å². The van der Waals surface area contributed by atoms with Gasteiger partial charge >= 0.3 is 6.09 Å². The van der Waals surface area contributed by atoms with Crippen molar-refractivity contribution in [3.8, 4) is 0 Å². The predicted molar refractivity (Wildman–Crippen MR) is 95.0 cm³/mol. The van der Waals surface area contributed by atoms with Crippen LogP contribution in [0.3, 0.4) is 0 Å². The van der Waals surface area contributed by atoms with E-state index >= 15 is 0 Å². The highest BCUT2D eigenvalue weighted by Crippen LogP contribution is 2.23. The quantitative estimate of drug-likeness (QED) is 0.837. The SMILES string of the molecule is CC(CC1CCCCN1C(=O)OC(C)(C)C)NCCc1ncc[nH]1. The number of rotatable bonds is 6. The summed E-state index contributed by atoms with van der Waals surface area (Å²) in [6.07, 6.45) is 8.60. The van der Waals surface area contributed by atoms with Crippen LogP contribution in [-0.2, 0) is 11.2 Å². The first kappa shape index (κ1) is 18.8. The van der Waals surface area contributed by atoms with E-state index in [9.17, 15) is 4.79 Å². The van der Waals surface area contributed by atoms with E-state index < -0.39 is 5.60 Å². The predicted octanol–water partition coefficient (Wildman–Crippen LogP) is 3.11. The number of nitrogens with zero attached hydrogens (tertiary/aromatic N) is 2. The summed E-state index contributed by atoms with van der Waals surface area (Å²) >= 11 is 0. The summed E-state index contributed by atoms with van der Waals surface area (Å²) in [5, 5.41) is 3.54. The zero-order valence-corrected chi connectivity index (χ0v) is 15.5. The third-order valence-corrected chi connectivity index (χ3v) is 4.29. The van der Waals surface area contributed by atoms with Crippen LogP contribution in [0.2, 0.25) is 0 Å². The molecule has 1 aromatic heterocycles. The molecule has 136 valence electrons. The topological polar surface area (TPSA) is 70.2 Å². The van der Waals surface area contributed by atoms with Crippen LogP contribution in [0.1, 0.15) is 59.2 Å². The van der Waals surface area contributed by atoms with Crippen molar-refractivity contribution in [1.29, 1.82) is 0 Å². The summed E-state index contributed by atoms with van der Waals surface area (Å²) in [6, 6.07) is 0.618. The molecule has 0 spiro atoms. The second kappa shape index (κ2) is 8.51. The third-order valence-electron chi connectivity index (χ3n) is 4.29. The van der Waals surface area contributed by atoms with Gasteiger partial charge in [-0.05, 0) is 53.4 Å². The molecule has 1 fully saturated rings. The zero-order valence-electron chi connectivity index (χ0n) is 15.5. The van der Waals surface area contributed by atoms with Gasteiger partial charge < -0.3 is 19.9 Å². The van der Waals surface area contributed by atoms with Gasteiger partial charge in [0.2, 0.25) is 0 Å². The van der Waals surface area contributed by atoms with Crippen molar-refractivity contribution in [3.63, 3.8) is 0 Å². The maximum atomic E-state index is 12.4. The van der Waals surface area contributed by atoms with Gasteiger partial charge in [-0.25, -0.2) is 9.78 Å². The van der Waals surface area contributed by atoms with Crippen molar-refractivity contribution in [2.45, 2.75) is 77.5 Å². The van der Waals surface area contributed by atoms with Gasteiger partial charge in [0, 0.05) is 44.0 Å². The monoisotopic (exact) mass is 336 g/mol. The minimum atomic E-state index is -0.439. The average Bonchev–Trinajstić information content (AvgIpc) is 2.99. The van der Waals surface area contributed by atoms with Gasteiger partial charge in [0.25, 0.3) is 0 Å². The number of imidazole rings is 1. The van der Waals surface area contributed by atoms with Crippen molar-refractivity contribution < 1.29 is 9.53 Å². The Labute approximate surface area is 145 Å². The smallest absolute Gasteiger partial charge is 0.410 e. The Morgan fingerprint density at radius 1 is 1.50 bits per heavy atom. The highest BCUT2D eigenvalue weighted by molar-refractivity contribution is 5.68. The van der Waals surface area contributed by atoms with Crippen LogP contribution in [0.5, 0.6) is 0 Å². The molecule has 0 radical (unpaired) electrons. The second-order valence-corrected chi connectivity index (χ2v) is 7.70. The first-order chi connectivity index (χ1) is 11.3. The molecule has 0 bridgehead atoms. The lowest BCUT2D eigenvalue weighted by Gasteiger charge is -2.38. The van der Waals surface area contributed by atoms with Crippen LogP contribution in [0.15, 0.2) is 12.4 Å². The number of likely N-dealkylation sites (tertiary alicyclic amines) is 1. The number of aromatic nitrogens is 2. The summed E-state index contributed by atoms with van der Waals surface area (Å²) < 4.78 is 5.57. The van der Waals surface area contributed by atoms with E-state index in [2.05, 4.69) is 22.2 Å². The van der Waals surface area contributed by atoms with E-state index in [0.717, 1.165) is 44.6 Å². The Bertz CT molecular complexity index is 496. The number of H-pyrrole nitrogens is 1. The van der Waals surface area contributed by atoms with Crippen LogP contribution in [0, 0.1) is 0 Å². The Balaban J connectivity index is 1.80. The molecule has 2 unspecified atom stereocenters. The molecule has 0 aliphatic carbocycles. The standard InChI is InChI=1S/C18H32N4O2/c1-14(19-9-8-16-20-10-11-21-16)13-15-7-5-6-12-22(15)17(23)24-18(2,3)4/h10-11,14-15,19H,5-9,12-13H2,1-4H3,(H,20,21). The third kappa shape index (κ3) is 6.15. The van der Waals surface area contributed by atoms with E-state index in [-0.39, 0.29) is 12.1 Å². The number of piperidine rings is 1. The molecule has 1 aliphatic heterocycles. The fraction of sp³-hybridized carbons (Fsp3) is 0.778. The number of carbonyl (C=O) groups is 1. The van der Waals surface area contributed by atoms with E-state index in [1.165, 1.54) is 6.42 Å². The minimum Gasteiger partial charge on any atom is -0.444 e. The lowest BCUT2D eigenvalue weighted by Crippen LogP contribution is -2.48. The van der Waals surface area contributed by atoms with Gasteiger partial charge in [0.15, 0.2) is 0 Å². The largest absolute Gasteiger partial charge is 0.444 e. The fourth-order valence-electron chi connectivity index (χ4n) is 3.17. The zero-order chi connectivity index (χ0) is 17.6. The molecule has 1 aromatic rings. The van der Waals surface area contributed by atoms with Gasteiger partial charge in [-0.15, -0.1) is 0 Å². The lowest BCUT2D eigenvalue weighted by atomic mass is 9.96. The molecule has 2 atom stereocenters. The Morgan fingerprint density at radius 2 is 2.29 bits per heavy atom. The summed E-state index contributed by atoms with van der Waals surface area (Å²) in [5.41, 5.74) is -0.439. The molecule has 1 amide bonds. The Hall–Kier alpha value is -1.56. The fourth-order valence-corrected chi connectivity index (χ4v) is 3.17. The molecular formula is C18H32N4O2. The van der Waals surface area contributed by atoms with Crippen LogP contribution in [-0.4, -0.2) is 51.7 Å². The molecule has 0 saturated carbocycles.